The molecular weight excluding hydrogens is 534 g/mol. The quantitative estimate of drug-likeness (QED) is 0.174. The van der Waals surface area contributed by atoms with Crippen LogP contribution in [-0.4, -0.2) is 95.2 Å². The van der Waals surface area contributed by atoms with Crippen molar-refractivity contribution in [1.82, 2.24) is 35.5 Å². The van der Waals surface area contributed by atoms with Gasteiger partial charge in [-0.15, -0.1) is 0 Å². The number of hydrogen-bond donors (Lipinski definition) is 5. The Hall–Kier alpha value is -4.63. The van der Waals surface area contributed by atoms with Crippen LogP contribution in [0.5, 0.6) is 0 Å². The first kappa shape index (κ1) is 29.4. The van der Waals surface area contributed by atoms with E-state index in [1.807, 2.05) is 0 Å². The van der Waals surface area contributed by atoms with Crippen molar-refractivity contribution in [2.24, 2.45) is 0 Å². The number of morpholine rings is 1. The number of hydrogen-bond acceptors (Lipinski definition) is 12. The maximum absolute atomic E-state index is 12.9. The molecule has 1 atom stereocenters. The Morgan fingerprint density at radius 3 is 2.66 bits per heavy atom. The number of nitrogen functional groups attached to an aromatic ring is 1. The zero-order valence-electron chi connectivity index (χ0n) is 22.6. The van der Waals surface area contributed by atoms with Crippen molar-refractivity contribution in [2.75, 3.05) is 57.6 Å². The maximum atomic E-state index is 12.9. The SMILES string of the molecule is CNC(=O)CC[C@H](NC(=O)c1ccc(NCc2cnc3nc(N)[nH]c(=O)c3n2)cc1)C(=O)OCCN1CCOCC1. The molecule has 1 saturated heterocycles. The van der Waals surface area contributed by atoms with Gasteiger partial charge in [-0.3, -0.25) is 24.3 Å². The topological polar surface area (TPSA) is 207 Å². The second-order valence-corrected chi connectivity index (χ2v) is 9.28. The summed E-state index contributed by atoms with van der Waals surface area (Å²) in [6.07, 6.45) is 1.64. The third-order valence-electron chi connectivity index (χ3n) is 6.39. The molecule has 1 aromatic carbocycles. The van der Waals surface area contributed by atoms with Gasteiger partial charge in [0.1, 0.15) is 12.6 Å². The molecule has 0 bridgehead atoms. The van der Waals surface area contributed by atoms with Crippen LogP contribution in [-0.2, 0) is 25.6 Å². The molecule has 0 radical (unpaired) electrons. The van der Waals surface area contributed by atoms with Crippen LogP contribution in [0.3, 0.4) is 0 Å². The molecule has 15 heteroatoms. The van der Waals surface area contributed by atoms with Crippen LogP contribution in [0.2, 0.25) is 0 Å². The maximum Gasteiger partial charge on any atom is 0.328 e. The second-order valence-electron chi connectivity index (χ2n) is 9.28. The first-order valence-electron chi connectivity index (χ1n) is 13.2. The number of esters is 1. The third-order valence-corrected chi connectivity index (χ3v) is 6.39. The molecule has 6 N–H and O–H groups in total. The molecule has 15 nitrogen and oxygen atoms in total. The number of amides is 2. The van der Waals surface area contributed by atoms with E-state index < -0.39 is 23.5 Å². The van der Waals surface area contributed by atoms with E-state index in [9.17, 15) is 19.2 Å². The van der Waals surface area contributed by atoms with E-state index in [0.29, 0.717) is 36.7 Å². The molecule has 1 aliphatic heterocycles. The van der Waals surface area contributed by atoms with E-state index in [2.05, 4.69) is 40.8 Å². The standard InChI is InChI=1S/C26H33N9O6/c1-28-20(36)7-6-19(25(39)41-13-10-35-8-11-40-12-9-35)32-23(37)16-2-4-17(5-3-16)29-14-18-15-30-22-21(31-18)24(38)34-26(27)33-22/h2-5,15,19,29H,6-14H2,1H3,(H,28,36)(H,32,37)(H3,27,30,33,34,38)/t19-/m0/s1. The van der Waals surface area contributed by atoms with Gasteiger partial charge >= 0.3 is 5.97 Å². The number of benzene rings is 1. The van der Waals surface area contributed by atoms with E-state index in [0.717, 1.165) is 13.1 Å². The number of rotatable bonds is 12. The van der Waals surface area contributed by atoms with Gasteiger partial charge in [0, 0.05) is 44.4 Å². The normalized spacial score (nSPS) is 14.3. The van der Waals surface area contributed by atoms with Gasteiger partial charge in [0.25, 0.3) is 11.5 Å². The number of ether oxygens (including phenoxy) is 2. The van der Waals surface area contributed by atoms with Crippen molar-refractivity contribution >= 4 is 40.6 Å². The van der Waals surface area contributed by atoms with E-state index in [1.54, 1.807) is 24.3 Å². The van der Waals surface area contributed by atoms with Crippen LogP contribution in [0.1, 0.15) is 28.9 Å². The molecule has 2 amide bonds. The Morgan fingerprint density at radius 1 is 1.17 bits per heavy atom. The Morgan fingerprint density at radius 2 is 1.93 bits per heavy atom. The number of fused-ring (bicyclic) bond motifs is 1. The van der Waals surface area contributed by atoms with Crippen LogP contribution in [0.4, 0.5) is 11.6 Å². The summed E-state index contributed by atoms with van der Waals surface area (Å²) in [5, 5.41) is 8.35. The number of aromatic amines is 1. The number of nitrogens with zero attached hydrogens (tertiary/aromatic N) is 4. The van der Waals surface area contributed by atoms with E-state index in [1.165, 1.54) is 13.2 Å². The third kappa shape index (κ3) is 8.43. The first-order valence-corrected chi connectivity index (χ1v) is 13.2. The number of nitrogens with two attached hydrogens (primary N) is 1. The van der Waals surface area contributed by atoms with Crippen molar-refractivity contribution in [3.63, 3.8) is 0 Å². The minimum Gasteiger partial charge on any atom is -0.463 e. The average molecular weight is 568 g/mol. The number of carbonyl (C=O) groups excluding carboxylic acids is 3. The molecule has 0 unspecified atom stereocenters. The Kier molecular flexibility index (Phi) is 10.1. The molecule has 1 aliphatic rings. The molecule has 3 aromatic rings. The highest BCUT2D eigenvalue weighted by Gasteiger charge is 2.24. The summed E-state index contributed by atoms with van der Waals surface area (Å²) in [5.74, 6) is -1.36. The van der Waals surface area contributed by atoms with Gasteiger partial charge in [-0.2, -0.15) is 4.98 Å². The highest BCUT2D eigenvalue weighted by atomic mass is 16.5. The van der Waals surface area contributed by atoms with E-state index in [4.69, 9.17) is 15.2 Å². The zero-order chi connectivity index (χ0) is 29.2. The fourth-order valence-electron chi connectivity index (χ4n) is 4.08. The van der Waals surface area contributed by atoms with Gasteiger partial charge in [0.05, 0.1) is 31.6 Å². The zero-order valence-corrected chi connectivity index (χ0v) is 22.6. The van der Waals surface area contributed by atoms with Crippen molar-refractivity contribution in [1.29, 1.82) is 0 Å². The Balaban J connectivity index is 1.32. The number of nitrogens with one attached hydrogen (secondary N) is 4. The van der Waals surface area contributed by atoms with Crippen molar-refractivity contribution in [3.8, 4) is 0 Å². The molecule has 2 aromatic heterocycles. The molecule has 218 valence electrons. The fourth-order valence-corrected chi connectivity index (χ4v) is 4.08. The van der Waals surface area contributed by atoms with Crippen LogP contribution >= 0.6 is 0 Å². The first-order chi connectivity index (χ1) is 19.8. The lowest BCUT2D eigenvalue weighted by atomic mass is 10.1. The lowest BCUT2D eigenvalue weighted by Gasteiger charge is -2.26. The summed E-state index contributed by atoms with van der Waals surface area (Å²) in [4.78, 5) is 66.4. The fraction of sp³-hybridized carbons (Fsp3) is 0.423. The van der Waals surface area contributed by atoms with Crippen molar-refractivity contribution in [3.05, 3.63) is 52.1 Å². The molecular formula is C26H33N9O6. The lowest BCUT2D eigenvalue weighted by Crippen LogP contribution is -2.44. The molecule has 0 aliphatic carbocycles. The summed E-state index contributed by atoms with van der Waals surface area (Å²) in [5.41, 5.74) is 6.79. The number of carbonyl (C=O) groups is 3. The summed E-state index contributed by atoms with van der Waals surface area (Å²) in [6, 6.07) is 5.60. The number of aromatic nitrogens is 4. The minimum absolute atomic E-state index is 0.0368. The predicted octanol–water partition coefficient (Wildman–Crippen LogP) is -0.593. The minimum atomic E-state index is -0.984. The van der Waals surface area contributed by atoms with Gasteiger partial charge < -0.3 is 31.2 Å². The summed E-state index contributed by atoms with van der Waals surface area (Å²) >= 11 is 0. The summed E-state index contributed by atoms with van der Waals surface area (Å²) < 4.78 is 10.7. The van der Waals surface area contributed by atoms with Gasteiger partial charge in [-0.25, -0.2) is 14.8 Å². The van der Waals surface area contributed by atoms with Crippen molar-refractivity contribution < 1.29 is 23.9 Å². The summed E-state index contributed by atoms with van der Waals surface area (Å²) in [7, 11) is 1.51. The molecule has 4 rings (SSSR count). The average Bonchev–Trinajstić information content (AvgIpc) is 2.98. The van der Waals surface area contributed by atoms with Crippen LogP contribution in [0.15, 0.2) is 35.3 Å². The van der Waals surface area contributed by atoms with Gasteiger partial charge in [0.15, 0.2) is 11.2 Å². The number of H-pyrrole nitrogens is 1. The monoisotopic (exact) mass is 567 g/mol. The van der Waals surface area contributed by atoms with Crippen LogP contribution in [0.25, 0.3) is 11.2 Å². The number of anilines is 2. The van der Waals surface area contributed by atoms with Crippen LogP contribution < -0.4 is 27.2 Å². The molecule has 0 spiro atoms. The van der Waals surface area contributed by atoms with Gasteiger partial charge in [-0.05, 0) is 30.7 Å². The van der Waals surface area contributed by atoms with E-state index >= 15 is 0 Å². The molecule has 0 saturated carbocycles. The summed E-state index contributed by atoms with van der Waals surface area (Å²) in [6.45, 7) is 3.80. The second kappa shape index (κ2) is 14.1. The molecule has 41 heavy (non-hydrogen) atoms. The van der Waals surface area contributed by atoms with E-state index in [-0.39, 0.29) is 49.0 Å². The molecule has 3 heterocycles. The predicted molar refractivity (Wildman–Crippen MR) is 149 cm³/mol. The highest BCUT2D eigenvalue weighted by molar-refractivity contribution is 5.97. The smallest absolute Gasteiger partial charge is 0.328 e. The van der Waals surface area contributed by atoms with Crippen LogP contribution in [0, 0.1) is 0 Å². The molecule has 1 fully saturated rings. The largest absolute Gasteiger partial charge is 0.463 e. The lowest BCUT2D eigenvalue weighted by molar-refractivity contribution is -0.146. The van der Waals surface area contributed by atoms with Gasteiger partial charge in [0.2, 0.25) is 11.9 Å². The van der Waals surface area contributed by atoms with Crippen molar-refractivity contribution in [2.45, 2.75) is 25.4 Å². The van der Waals surface area contributed by atoms with Gasteiger partial charge in [-0.1, -0.05) is 0 Å². The highest BCUT2D eigenvalue weighted by Crippen LogP contribution is 2.13. The Labute approximate surface area is 235 Å². The Bertz CT molecular complexity index is 1420.